The van der Waals surface area contributed by atoms with Gasteiger partial charge in [0.05, 0.1) is 18.1 Å². The van der Waals surface area contributed by atoms with Crippen LogP contribution in [0.2, 0.25) is 0 Å². The van der Waals surface area contributed by atoms with E-state index in [4.69, 9.17) is 5.21 Å². The first kappa shape index (κ1) is 6.12. The lowest BCUT2D eigenvalue weighted by Crippen LogP contribution is -2.26. The lowest BCUT2D eigenvalue weighted by Gasteiger charge is -2.08. The molecule has 1 fully saturated rings. The minimum atomic E-state index is 0.229. The number of rotatable bonds is 1. The smallest absolute Gasteiger partial charge is 0.230 e. The van der Waals surface area contributed by atoms with Gasteiger partial charge < -0.3 is 10.4 Å². The first-order valence-electron chi connectivity index (χ1n) is 2.92. The Morgan fingerprint density at radius 1 is 1.44 bits per heavy atom. The van der Waals surface area contributed by atoms with E-state index in [0.29, 0.717) is 13.1 Å². The number of hydrogen-bond acceptors (Lipinski definition) is 2. The second kappa shape index (κ2) is 2.52. The summed E-state index contributed by atoms with van der Waals surface area (Å²) < 4.78 is 0. The Balaban J connectivity index is 2.42. The Morgan fingerprint density at radius 2 is 2.00 bits per heavy atom. The van der Waals surface area contributed by atoms with Crippen molar-refractivity contribution in [3.05, 3.63) is 5.21 Å². The average molecular weight is 131 g/mol. The van der Waals surface area contributed by atoms with Crippen LogP contribution in [0.15, 0.2) is 5.28 Å². The van der Waals surface area contributed by atoms with E-state index < -0.39 is 0 Å². The van der Waals surface area contributed by atoms with Gasteiger partial charge in [-0.15, -0.1) is 5.01 Å². The van der Waals surface area contributed by atoms with E-state index in [-0.39, 0.29) is 4.97 Å². The summed E-state index contributed by atoms with van der Waals surface area (Å²) in [5.41, 5.74) is 0. The van der Waals surface area contributed by atoms with E-state index in [9.17, 15) is 5.21 Å². The zero-order chi connectivity index (χ0) is 6.69. The van der Waals surface area contributed by atoms with Crippen LogP contribution in [0, 0.1) is 5.21 Å². The minimum Gasteiger partial charge on any atom is -0.569 e. The van der Waals surface area contributed by atoms with Crippen LogP contribution in [0.3, 0.4) is 0 Å². The molecule has 1 heterocycles. The van der Waals surface area contributed by atoms with Crippen molar-refractivity contribution in [2.24, 2.45) is 5.28 Å². The van der Waals surface area contributed by atoms with Gasteiger partial charge in [0.1, 0.15) is 0 Å². The maximum absolute atomic E-state index is 10.4. The van der Waals surface area contributed by atoms with E-state index in [0.717, 1.165) is 12.8 Å². The molecular weight excluding hydrogens is 122 g/mol. The molecule has 1 rings (SSSR count). The third kappa shape index (κ3) is 1.22. The third-order valence-corrected chi connectivity index (χ3v) is 1.40. The fourth-order valence-corrected chi connectivity index (χ4v) is 0.928. The van der Waals surface area contributed by atoms with Gasteiger partial charge in [-0.1, -0.05) is 0 Å². The van der Waals surface area contributed by atoms with E-state index >= 15 is 0 Å². The molecule has 5 nitrogen and oxygen atoms in total. The van der Waals surface area contributed by atoms with Crippen molar-refractivity contribution in [1.82, 2.24) is 5.01 Å². The molecule has 52 valence electrons. The molecule has 0 aromatic heterocycles. The molecule has 0 saturated carbocycles. The zero-order valence-electron chi connectivity index (χ0n) is 5.03. The monoisotopic (exact) mass is 131 g/mol. The van der Waals surface area contributed by atoms with Gasteiger partial charge in [0.25, 0.3) is 0 Å². The highest BCUT2D eigenvalue weighted by Crippen LogP contribution is 2.06. The summed E-state index contributed by atoms with van der Waals surface area (Å²) in [4.78, 5) is 0.229. The van der Waals surface area contributed by atoms with Crippen LogP contribution >= 0.6 is 0 Å². The minimum absolute atomic E-state index is 0.229. The molecule has 0 atom stereocenters. The van der Waals surface area contributed by atoms with Crippen molar-refractivity contribution in [3.63, 3.8) is 0 Å². The van der Waals surface area contributed by atoms with Gasteiger partial charge in [0, 0.05) is 0 Å². The van der Waals surface area contributed by atoms with Crippen LogP contribution in [-0.2, 0) is 0 Å². The summed E-state index contributed by atoms with van der Waals surface area (Å²) in [5, 5.41) is 22.4. The normalized spacial score (nSPS) is 20.9. The van der Waals surface area contributed by atoms with Gasteiger partial charge in [-0.25, -0.2) is 0 Å². The Bertz CT molecular complexity index is 119. The molecule has 0 radical (unpaired) electrons. The molecule has 0 aromatic rings. The van der Waals surface area contributed by atoms with E-state index in [1.807, 2.05) is 0 Å². The highest BCUT2D eigenvalue weighted by Gasteiger charge is 2.17. The summed E-state index contributed by atoms with van der Waals surface area (Å²) in [6.45, 7) is 1.40. The van der Waals surface area contributed by atoms with Crippen LogP contribution < -0.4 is 0 Å². The van der Waals surface area contributed by atoms with Gasteiger partial charge in [0.15, 0.2) is 0 Å². The van der Waals surface area contributed by atoms with Gasteiger partial charge in [0.2, 0.25) is 5.28 Å². The molecule has 0 bridgehead atoms. The van der Waals surface area contributed by atoms with E-state index in [1.165, 1.54) is 5.01 Å². The molecule has 9 heavy (non-hydrogen) atoms. The van der Waals surface area contributed by atoms with Gasteiger partial charge in [-0.3, -0.25) is 0 Å². The average Bonchev–Trinajstić information content (AvgIpc) is 2.37. The van der Waals surface area contributed by atoms with Crippen molar-refractivity contribution in [3.8, 4) is 0 Å². The van der Waals surface area contributed by atoms with Crippen LogP contribution in [0.4, 0.5) is 0 Å². The third-order valence-electron chi connectivity index (χ3n) is 1.40. The largest absolute Gasteiger partial charge is 0.569 e. The van der Waals surface area contributed by atoms with Crippen LogP contribution in [0.1, 0.15) is 12.8 Å². The maximum Gasteiger partial charge on any atom is 0.230 e. The fourth-order valence-electron chi connectivity index (χ4n) is 0.928. The topological polar surface area (TPSA) is 61.9 Å². The summed E-state index contributed by atoms with van der Waals surface area (Å²) in [6, 6.07) is 0. The van der Waals surface area contributed by atoms with Crippen molar-refractivity contribution in [2.45, 2.75) is 12.8 Å². The first-order valence-corrected chi connectivity index (χ1v) is 2.92. The van der Waals surface area contributed by atoms with Crippen LogP contribution in [0.25, 0.3) is 0 Å². The highest BCUT2D eigenvalue weighted by molar-refractivity contribution is 4.55. The number of nitrogens with zero attached hydrogens (tertiary/aromatic N) is 3. The number of hydrazine groups is 1. The molecular formula is C4H9N3O2. The molecule has 1 N–H and O–H groups in total. The molecule has 1 aliphatic rings. The molecule has 1 saturated heterocycles. The van der Waals surface area contributed by atoms with Gasteiger partial charge in [-0.2, -0.15) is 0 Å². The molecule has 0 amide bonds. The highest BCUT2D eigenvalue weighted by atomic mass is 16.6. The molecule has 0 aliphatic carbocycles. The van der Waals surface area contributed by atoms with Crippen molar-refractivity contribution >= 4 is 0 Å². The van der Waals surface area contributed by atoms with Crippen molar-refractivity contribution in [2.75, 3.05) is 13.1 Å². The van der Waals surface area contributed by atoms with Crippen molar-refractivity contribution in [1.29, 1.82) is 0 Å². The fraction of sp³-hybridized carbons (Fsp3) is 1.00. The van der Waals surface area contributed by atoms with Gasteiger partial charge in [-0.05, 0) is 12.8 Å². The Kier molecular flexibility index (Phi) is 1.72. The lowest BCUT2D eigenvalue weighted by atomic mass is 10.4. The summed E-state index contributed by atoms with van der Waals surface area (Å²) in [6.07, 6.45) is 2.02. The SMILES string of the molecule is [O-][N+](=NO)N1CCCC1. The molecule has 0 unspecified atom stereocenters. The Morgan fingerprint density at radius 3 is 2.44 bits per heavy atom. The first-order chi connectivity index (χ1) is 4.34. The van der Waals surface area contributed by atoms with Gasteiger partial charge >= 0.3 is 0 Å². The zero-order valence-corrected chi connectivity index (χ0v) is 5.03. The quantitative estimate of drug-likeness (QED) is 0.317. The lowest BCUT2D eigenvalue weighted by molar-refractivity contribution is -0.705. The summed E-state index contributed by atoms with van der Waals surface area (Å²) in [5.74, 6) is 0. The summed E-state index contributed by atoms with van der Waals surface area (Å²) in [7, 11) is 0. The van der Waals surface area contributed by atoms with Crippen molar-refractivity contribution < 1.29 is 10.2 Å². The second-order valence-corrected chi connectivity index (χ2v) is 2.00. The predicted molar refractivity (Wildman–Crippen MR) is 28.6 cm³/mol. The molecule has 1 aliphatic heterocycles. The number of hydrogen-bond donors (Lipinski definition) is 1. The molecule has 0 aromatic carbocycles. The molecule has 5 heteroatoms. The van der Waals surface area contributed by atoms with E-state index in [1.54, 1.807) is 0 Å². The van der Waals surface area contributed by atoms with Crippen LogP contribution in [-0.4, -0.2) is 28.3 Å². The maximum atomic E-state index is 10.4. The Labute approximate surface area is 52.7 Å². The Hall–Kier alpha value is -1.00. The standard InChI is InChI=1S/C4H9N3O2/c8-5-7(9)6-3-1-2-4-6/h8H,1-4H2. The van der Waals surface area contributed by atoms with E-state index in [2.05, 4.69) is 5.28 Å². The van der Waals surface area contributed by atoms with Crippen LogP contribution in [0.5, 0.6) is 0 Å². The predicted octanol–water partition coefficient (Wildman–Crippen LogP) is 0.349. The summed E-state index contributed by atoms with van der Waals surface area (Å²) >= 11 is 0. The second-order valence-electron chi connectivity index (χ2n) is 2.00. The molecule has 0 spiro atoms.